The summed E-state index contributed by atoms with van der Waals surface area (Å²) in [6.07, 6.45) is 18.4. The topological polar surface area (TPSA) is 20.2 Å². The van der Waals surface area contributed by atoms with Crippen LogP contribution in [0, 0.1) is 0 Å². The first-order chi connectivity index (χ1) is 7.41. The van der Waals surface area contributed by atoms with Crippen LogP contribution in [0.25, 0.3) is 0 Å². The average Bonchev–Trinajstić information content (AvgIpc) is 2.26. The molecular formula is C14H26O. The van der Waals surface area contributed by atoms with Crippen molar-refractivity contribution in [1.29, 1.82) is 0 Å². The second-order valence-corrected chi connectivity index (χ2v) is 3.88. The normalized spacial score (nSPS) is 11.9. The Labute approximate surface area is 94.9 Å². The Morgan fingerprint density at radius 3 is 1.80 bits per heavy atom. The minimum Gasteiger partial charge on any atom is -0.396 e. The maximum absolute atomic E-state index is 8.55. The maximum atomic E-state index is 8.55. The fourth-order valence-electron chi connectivity index (χ4n) is 1.41. The van der Waals surface area contributed by atoms with Crippen LogP contribution >= 0.6 is 0 Å². The Balaban J connectivity index is 3.09. The third-order valence-corrected chi connectivity index (χ3v) is 2.35. The molecule has 0 saturated heterocycles. The smallest absolute Gasteiger partial charge is 0.0465 e. The summed E-state index contributed by atoms with van der Waals surface area (Å²) in [4.78, 5) is 0. The second kappa shape index (κ2) is 13.4. The number of aliphatic hydroxyl groups excluding tert-OH is 1. The van der Waals surface area contributed by atoms with E-state index in [2.05, 4.69) is 31.2 Å². The summed E-state index contributed by atoms with van der Waals surface area (Å²) in [7, 11) is 0. The van der Waals surface area contributed by atoms with Crippen molar-refractivity contribution in [3.63, 3.8) is 0 Å². The summed E-state index contributed by atoms with van der Waals surface area (Å²) < 4.78 is 0. The van der Waals surface area contributed by atoms with Gasteiger partial charge >= 0.3 is 0 Å². The molecule has 0 radical (unpaired) electrons. The van der Waals surface area contributed by atoms with E-state index in [9.17, 15) is 0 Å². The van der Waals surface area contributed by atoms with E-state index in [-0.39, 0.29) is 6.61 Å². The fourth-order valence-corrected chi connectivity index (χ4v) is 1.41. The number of aliphatic hydroxyl groups is 1. The standard InChI is InChI=1S/C14H26O/c1-2-3-4-5-6-7-8-9-10-11-12-13-14-15/h6-7,11-12,15H,2-5,8-10,13-14H2,1H3. The molecule has 0 amide bonds. The summed E-state index contributed by atoms with van der Waals surface area (Å²) in [6, 6.07) is 0. The molecule has 1 nitrogen and oxygen atoms in total. The lowest BCUT2D eigenvalue weighted by atomic mass is 10.1. The third kappa shape index (κ3) is 13.4. The van der Waals surface area contributed by atoms with Gasteiger partial charge in [-0.2, -0.15) is 0 Å². The van der Waals surface area contributed by atoms with E-state index in [0.717, 1.165) is 12.8 Å². The lowest BCUT2D eigenvalue weighted by Gasteiger charge is -1.93. The van der Waals surface area contributed by atoms with Gasteiger partial charge in [0.2, 0.25) is 0 Å². The predicted molar refractivity (Wildman–Crippen MR) is 68.0 cm³/mol. The molecular weight excluding hydrogens is 184 g/mol. The van der Waals surface area contributed by atoms with E-state index in [0.29, 0.717) is 0 Å². The third-order valence-electron chi connectivity index (χ3n) is 2.35. The molecule has 0 rings (SSSR count). The van der Waals surface area contributed by atoms with Crippen molar-refractivity contribution in [2.75, 3.05) is 6.61 Å². The zero-order chi connectivity index (χ0) is 11.2. The van der Waals surface area contributed by atoms with Crippen LogP contribution in [0.1, 0.15) is 58.3 Å². The Morgan fingerprint density at radius 2 is 1.27 bits per heavy atom. The van der Waals surface area contributed by atoms with Crippen molar-refractivity contribution < 1.29 is 5.11 Å². The van der Waals surface area contributed by atoms with E-state index in [1.807, 2.05) is 0 Å². The molecule has 0 aliphatic rings. The highest BCUT2D eigenvalue weighted by molar-refractivity contribution is 4.85. The van der Waals surface area contributed by atoms with Gasteiger partial charge in [-0.3, -0.25) is 0 Å². The van der Waals surface area contributed by atoms with Crippen molar-refractivity contribution in [3.05, 3.63) is 24.3 Å². The molecule has 0 aromatic heterocycles. The predicted octanol–water partition coefficient (Wildman–Crippen LogP) is 4.23. The van der Waals surface area contributed by atoms with Crippen LogP contribution in [0.2, 0.25) is 0 Å². The molecule has 0 fully saturated rings. The van der Waals surface area contributed by atoms with Crippen molar-refractivity contribution in [2.24, 2.45) is 0 Å². The van der Waals surface area contributed by atoms with Crippen LogP contribution in [0.5, 0.6) is 0 Å². The minimum atomic E-state index is 0.272. The number of hydrogen-bond acceptors (Lipinski definition) is 1. The van der Waals surface area contributed by atoms with E-state index >= 15 is 0 Å². The van der Waals surface area contributed by atoms with E-state index in [4.69, 9.17) is 5.11 Å². The highest BCUT2D eigenvalue weighted by Crippen LogP contribution is 2.03. The maximum Gasteiger partial charge on any atom is 0.0465 e. The van der Waals surface area contributed by atoms with E-state index < -0.39 is 0 Å². The van der Waals surface area contributed by atoms with Crippen LogP contribution < -0.4 is 0 Å². The lowest BCUT2D eigenvalue weighted by Crippen LogP contribution is -1.76. The number of allylic oxidation sites excluding steroid dienone is 3. The van der Waals surface area contributed by atoms with Gasteiger partial charge < -0.3 is 5.11 Å². The van der Waals surface area contributed by atoms with Gasteiger partial charge in [-0.15, -0.1) is 0 Å². The second-order valence-electron chi connectivity index (χ2n) is 3.88. The molecule has 0 aliphatic carbocycles. The molecule has 1 N–H and O–H groups in total. The summed E-state index contributed by atoms with van der Waals surface area (Å²) in [5.41, 5.74) is 0. The Bertz CT molecular complexity index is 159. The summed E-state index contributed by atoms with van der Waals surface area (Å²) in [5, 5.41) is 8.55. The fraction of sp³-hybridized carbons (Fsp3) is 0.714. The van der Waals surface area contributed by atoms with Crippen molar-refractivity contribution in [2.45, 2.75) is 58.3 Å². The first-order valence-corrected chi connectivity index (χ1v) is 6.32. The number of rotatable bonds is 10. The molecule has 0 aromatic rings. The number of hydrogen-bond donors (Lipinski definition) is 1. The van der Waals surface area contributed by atoms with Gasteiger partial charge in [0.05, 0.1) is 0 Å². The zero-order valence-electron chi connectivity index (χ0n) is 10.1. The molecule has 15 heavy (non-hydrogen) atoms. The van der Waals surface area contributed by atoms with E-state index in [1.54, 1.807) is 0 Å². The van der Waals surface area contributed by atoms with Crippen LogP contribution in [-0.2, 0) is 0 Å². The van der Waals surface area contributed by atoms with Crippen LogP contribution in [-0.4, -0.2) is 11.7 Å². The van der Waals surface area contributed by atoms with Crippen LogP contribution in [0.4, 0.5) is 0 Å². The first-order valence-electron chi connectivity index (χ1n) is 6.32. The molecule has 88 valence electrons. The molecule has 0 saturated carbocycles. The Kier molecular flexibility index (Phi) is 12.9. The van der Waals surface area contributed by atoms with Crippen LogP contribution in [0.3, 0.4) is 0 Å². The summed E-state index contributed by atoms with van der Waals surface area (Å²) in [5.74, 6) is 0. The molecule has 0 aromatic carbocycles. The van der Waals surface area contributed by atoms with Crippen molar-refractivity contribution in [3.8, 4) is 0 Å². The van der Waals surface area contributed by atoms with Gasteiger partial charge in [0.15, 0.2) is 0 Å². The highest BCUT2D eigenvalue weighted by Gasteiger charge is 1.83. The summed E-state index contributed by atoms with van der Waals surface area (Å²) in [6.45, 7) is 2.51. The molecule has 0 spiro atoms. The van der Waals surface area contributed by atoms with Crippen LogP contribution in [0.15, 0.2) is 24.3 Å². The molecule has 1 heteroatoms. The monoisotopic (exact) mass is 210 g/mol. The van der Waals surface area contributed by atoms with E-state index in [1.165, 1.54) is 38.5 Å². The molecule has 0 heterocycles. The Hall–Kier alpha value is -0.560. The largest absolute Gasteiger partial charge is 0.396 e. The highest BCUT2D eigenvalue weighted by atomic mass is 16.2. The quantitative estimate of drug-likeness (QED) is 0.422. The van der Waals surface area contributed by atoms with Crippen molar-refractivity contribution >= 4 is 0 Å². The SMILES string of the molecule is CCCCCC=CCCCC=CCCO. The van der Waals surface area contributed by atoms with Gasteiger partial charge in [-0.05, 0) is 38.5 Å². The minimum absolute atomic E-state index is 0.272. The number of unbranched alkanes of at least 4 members (excludes halogenated alkanes) is 5. The van der Waals surface area contributed by atoms with Gasteiger partial charge in [0, 0.05) is 6.61 Å². The first kappa shape index (κ1) is 14.4. The van der Waals surface area contributed by atoms with Crippen molar-refractivity contribution in [1.82, 2.24) is 0 Å². The average molecular weight is 210 g/mol. The lowest BCUT2D eigenvalue weighted by molar-refractivity contribution is 0.302. The molecule has 0 unspecified atom stereocenters. The van der Waals surface area contributed by atoms with Gasteiger partial charge in [-0.25, -0.2) is 0 Å². The van der Waals surface area contributed by atoms with Gasteiger partial charge in [0.1, 0.15) is 0 Å². The van der Waals surface area contributed by atoms with Gasteiger partial charge in [-0.1, -0.05) is 44.1 Å². The molecule has 0 aliphatic heterocycles. The molecule has 0 bridgehead atoms. The zero-order valence-corrected chi connectivity index (χ0v) is 10.1. The molecule has 0 atom stereocenters. The van der Waals surface area contributed by atoms with Gasteiger partial charge in [0.25, 0.3) is 0 Å². The summed E-state index contributed by atoms with van der Waals surface area (Å²) >= 11 is 0. The Morgan fingerprint density at radius 1 is 0.733 bits per heavy atom.